The van der Waals surface area contributed by atoms with Gasteiger partial charge in [-0.1, -0.05) is 55.5 Å². The van der Waals surface area contributed by atoms with Crippen molar-refractivity contribution in [2.24, 2.45) is 4.99 Å². The van der Waals surface area contributed by atoms with E-state index >= 15 is 0 Å². The monoisotopic (exact) mass is 482 g/mol. The maximum Gasteiger partial charge on any atom is 0.338 e. The number of fused-ring (bicyclic) bond motifs is 1. The zero-order valence-corrected chi connectivity index (χ0v) is 20.7. The minimum atomic E-state index is -0.568. The molecule has 0 radical (unpaired) electrons. The Labute approximate surface area is 200 Å². The molecule has 0 saturated heterocycles. The summed E-state index contributed by atoms with van der Waals surface area (Å²) in [5.41, 5.74) is 2.98. The largest absolute Gasteiger partial charge is 0.460 e. The van der Waals surface area contributed by atoms with Gasteiger partial charge in [-0.2, -0.15) is 0 Å². The number of thiophene rings is 1. The average Bonchev–Trinajstić information content (AvgIpc) is 3.42. The average molecular weight is 483 g/mol. The summed E-state index contributed by atoms with van der Waals surface area (Å²) in [7, 11) is 1.55. The van der Waals surface area contributed by atoms with Crippen LogP contribution in [0.25, 0.3) is 6.08 Å². The number of benzene rings is 1. The SMILES string of the molecule is COCCOC(=O)C1=C(C)N=c2s/c(=C/c3ccc(C(C)C)cc3)c(=O)n2[C@@H]1c1cccs1. The van der Waals surface area contributed by atoms with Crippen molar-refractivity contribution in [3.8, 4) is 0 Å². The fraction of sp³-hybridized carbons (Fsp3) is 0.320. The third kappa shape index (κ3) is 4.78. The van der Waals surface area contributed by atoms with Gasteiger partial charge in [-0.15, -0.1) is 11.3 Å². The van der Waals surface area contributed by atoms with E-state index in [1.54, 1.807) is 18.6 Å². The molecule has 1 atom stereocenters. The van der Waals surface area contributed by atoms with Crippen molar-refractivity contribution < 1.29 is 14.3 Å². The summed E-state index contributed by atoms with van der Waals surface area (Å²) in [6.07, 6.45) is 1.88. The fourth-order valence-electron chi connectivity index (χ4n) is 3.72. The number of carbonyl (C=O) groups excluding carboxylic acids is 1. The second kappa shape index (κ2) is 9.99. The van der Waals surface area contributed by atoms with Crippen molar-refractivity contribution in [1.82, 2.24) is 4.57 Å². The minimum absolute atomic E-state index is 0.139. The van der Waals surface area contributed by atoms with Gasteiger partial charge in [-0.3, -0.25) is 9.36 Å². The molecule has 3 heterocycles. The number of ether oxygens (including phenoxy) is 2. The number of allylic oxidation sites excluding steroid dienone is 1. The highest BCUT2D eigenvalue weighted by molar-refractivity contribution is 7.10. The number of rotatable bonds is 7. The molecule has 172 valence electrons. The van der Waals surface area contributed by atoms with Crippen LogP contribution in [0.3, 0.4) is 0 Å². The lowest BCUT2D eigenvalue weighted by Gasteiger charge is -2.23. The van der Waals surface area contributed by atoms with Crippen LogP contribution in [0.1, 0.15) is 48.7 Å². The molecule has 1 aliphatic rings. The predicted molar refractivity (Wildman–Crippen MR) is 131 cm³/mol. The summed E-state index contributed by atoms with van der Waals surface area (Å²) < 4.78 is 12.6. The first-order valence-electron chi connectivity index (χ1n) is 10.7. The van der Waals surface area contributed by atoms with Crippen LogP contribution < -0.4 is 14.9 Å². The summed E-state index contributed by atoms with van der Waals surface area (Å²) in [5.74, 6) is -0.0366. The number of thiazole rings is 1. The molecule has 0 spiro atoms. The molecular weight excluding hydrogens is 456 g/mol. The Bertz CT molecular complexity index is 1350. The molecule has 0 bridgehead atoms. The summed E-state index contributed by atoms with van der Waals surface area (Å²) in [6.45, 7) is 6.53. The van der Waals surface area contributed by atoms with E-state index in [1.807, 2.05) is 35.7 Å². The third-order valence-electron chi connectivity index (χ3n) is 5.48. The van der Waals surface area contributed by atoms with E-state index in [-0.39, 0.29) is 12.2 Å². The number of methoxy groups -OCH3 is 1. The molecule has 0 unspecified atom stereocenters. The van der Waals surface area contributed by atoms with Crippen molar-refractivity contribution in [2.45, 2.75) is 32.7 Å². The van der Waals surface area contributed by atoms with Crippen LogP contribution in [0.4, 0.5) is 0 Å². The molecule has 0 saturated carbocycles. The highest BCUT2D eigenvalue weighted by atomic mass is 32.1. The van der Waals surface area contributed by atoms with Crippen molar-refractivity contribution in [1.29, 1.82) is 0 Å². The quantitative estimate of drug-likeness (QED) is 0.381. The first kappa shape index (κ1) is 23.4. The van der Waals surface area contributed by atoms with Crippen LogP contribution in [-0.2, 0) is 14.3 Å². The number of aromatic nitrogens is 1. The number of hydrogen-bond acceptors (Lipinski definition) is 7. The third-order valence-corrected chi connectivity index (χ3v) is 7.38. The highest BCUT2D eigenvalue weighted by Gasteiger charge is 2.34. The van der Waals surface area contributed by atoms with Crippen molar-refractivity contribution in [2.75, 3.05) is 20.3 Å². The first-order chi connectivity index (χ1) is 15.9. The summed E-state index contributed by atoms with van der Waals surface area (Å²) in [4.78, 5) is 32.6. The molecule has 1 aromatic carbocycles. The van der Waals surface area contributed by atoms with Gasteiger partial charge in [-0.05, 0) is 41.5 Å². The molecule has 4 rings (SSSR count). The van der Waals surface area contributed by atoms with E-state index in [9.17, 15) is 9.59 Å². The Balaban J connectivity index is 1.81. The summed E-state index contributed by atoms with van der Waals surface area (Å²) >= 11 is 2.83. The lowest BCUT2D eigenvalue weighted by molar-refractivity contribution is -0.140. The summed E-state index contributed by atoms with van der Waals surface area (Å²) in [6, 6.07) is 11.5. The molecule has 0 aliphatic carbocycles. The lowest BCUT2D eigenvalue weighted by Crippen LogP contribution is -2.39. The van der Waals surface area contributed by atoms with Gasteiger partial charge in [0, 0.05) is 12.0 Å². The van der Waals surface area contributed by atoms with E-state index in [2.05, 4.69) is 31.0 Å². The molecule has 0 amide bonds. The molecule has 8 heteroatoms. The Kier molecular flexibility index (Phi) is 7.07. The smallest absolute Gasteiger partial charge is 0.338 e. The van der Waals surface area contributed by atoms with Gasteiger partial charge in [0.25, 0.3) is 5.56 Å². The van der Waals surface area contributed by atoms with E-state index < -0.39 is 12.0 Å². The van der Waals surface area contributed by atoms with Gasteiger partial charge in [-0.25, -0.2) is 9.79 Å². The van der Waals surface area contributed by atoms with Crippen molar-refractivity contribution >= 4 is 34.7 Å². The van der Waals surface area contributed by atoms with Gasteiger partial charge < -0.3 is 9.47 Å². The first-order valence-corrected chi connectivity index (χ1v) is 12.4. The van der Waals surface area contributed by atoms with Crippen LogP contribution in [0.15, 0.2) is 62.8 Å². The number of hydrogen-bond donors (Lipinski definition) is 0. The van der Waals surface area contributed by atoms with E-state index in [1.165, 1.54) is 28.2 Å². The highest BCUT2D eigenvalue weighted by Crippen LogP contribution is 2.33. The minimum Gasteiger partial charge on any atom is -0.460 e. The van der Waals surface area contributed by atoms with Crippen LogP contribution in [0.2, 0.25) is 0 Å². The van der Waals surface area contributed by atoms with Crippen LogP contribution >= 0.6 is 22.7 Å². The maximum atomic E-state index is 13.5. The van der Waals surface area contributed by atoms with Crippen LogP contribution in [0, 0.1) is 0 Å². The second-order valence-electron chi connectivity index (χ2n) is 8.05. The van der Waals surface area contributed by atoms with Gasteiger partial charge >= 0.3 is 5.97 Å². The second-order valence-corrected chi connectivity index (χ2v) is 10.0. The molecule has 3 aromatic rings. The predicted octanol–water partition coefficient (Wildman–Crippen LogP) is 3.61. The van der Waals surface area contributed by atoms with E-state index in [0.717, 1.165) is 10.4 Å². The normalized spacial score (nSPS) is 16.2. The summed E-state index contributed by atoms with van der Waals surface area (Å²) in [5, 5.41) is 1.94. The van der Waals surface area contributed by atoms with E-state index in [0.29, 0.717) is 33.1 Å². The van der Waals surface area contributed by atoms with Crippen molar-refractivity contribution in [3.05, 3.63) is 88.7 Å². The number of nitrogens with zero attached hydrogens (tertiary/aromatic N) is 2. The molecule has 33 heavy (non-hydrogen) atoms. The zero-order valence-electron chi connectivity index (χ0n) is 19.0. The lowest BCUT2D eigenvalue weighted by atomic mass is 10.0. The fourth-order valence-corrected chi connectivity index (χ4v) is 5.59. The molecule has 2 aromatic heterocycles. The maximum absolute atomic E-state index is 13.5. The van der Waals surface area contributed by atoms with E-state index in [4.69, 9.17) is 9.47 Å². The topological polar surface area (TPSA) is 69.9 Å². The van der Waals surface area contributed by atoms with Crippen LogP contribution in [-0.4, -0.2) is 30.9 Å². The van der Waals surface area contributed by atoms with Crippen molar-refractivity contribution in [3.63, 3.8) is 0 Å². The van der Waals surface area contributed by atoms with Gasteiger partial charge in [0.2, 0.25) is 0 Å². The number of carbonyl (C=O) groups is 1. The molecule has 0 fully saturated rings. The van der Waals surface area contributed by atoms with Gasteiger partial charge in [0.05, 0.1) is 22.4 Å². The number of esters is 1. The van der Waals surface area contributed by atoms with Gasteiger partial charge in [0.1, 0.15) is 12.6 Å². The molecule has 6 nitrogen and oxygen atoms in total. The van der Waals surface area contributed by atoms with Crippen LogP contribution in [0.5, 0.6) is 0 Å². The standard InChI is InChI=1S/C25H26N2O4S2/c1-15(2)18-9-7-17(8-10-18)14-20-23(28)27-22(19-6-5-13-32-19)21(16(3)26-25(27)33-20)24(29)31-12-11-30-4/h5-10,13-15,22H,11-12H2,1-4H3/b20-14+/t22-/m1/s1. The Morgan fingerprint density at radius 1 is 1.21 bits per heavy atom. The Morgan fingerprint density at radius 2 is 1.97 bits per heavy atom. The molecular formula is C25H26N2O4S2. The Hall–Kier alpha value is -2.81. The molecule has 0 N–H and O–H groups in total. The molecule has 1 aliphatic heterocycles. The van der Waals surface area contributed by atoms with Gasteiger partial charge in [0.15, 0.2) is 4.80 Å². The Morgan fingerprint density at radius 3 is 2.61 bits per heavy atom. The zero-order chi connectivity index (χ0) is 23.5.